The summed E-state index contributed by atoms with van der Waals surface area (Å²) in [6.45, 7) is 7.38. The van der Waals surface area contributed by atoms with Crippen LogP contribution in [-0.2, 0) is 6.54 Å². The van der Waals surface area contributed by atoms with E-state index in [2.05, 4.69) is 17.3 Å². The Labute approximate surface area is 98.0 Å². The summed E-state index contributed by atoms with van der Waals surface area (Å²) in [4.78, 5) is 0. The van der Waals surface area contributed by atoms with Gasteiger partial charge in [-0.2, -0.15) is 0 Å². The predicted molar refractivity (Wildman–Crippen MR) is 67.4 cm³/mol. The van der Waals surface area contributed by atoms with E-state index in [4.69, 9.17) is 11.2 Å². The second-order valence-corrected chi connectivity index (χ2v) is 4.20. The van der Waals surface area contributed by atoms with Crippen molar-refractivity contribution in [3.63, 3.8) is 0 Å². The molecule has 0 saturated heterocycles. The van der Waals surface area contributed by atoms with Crippen LogP contribution in [0, 0.1) is 12.3 Å². The molecule has 2 heteroatoms. The number of benzene rings is 1. The van der Waals surface area contributed by atoms with Crippen LogP contribution in [0.15, 0.2) is 24.3 Å². The third kappa shape index (κ3) is 3.96. The fraction of sp³-hybridized carbons (Fsp3) is 0.429. The first kappa shape index (κ1) is 12.6. The summed E-state index contributed by atoms with van der Waals surface area (Å²) in [5.41, 5.74) is 0.899. The molecule has 2 nitrogen and oxygen atoms in total. The summed E-state index contributed by atoms with van der Waals surface area (Å²) in [6, 6.07) is 8.04. The first-order valence-electron chi connectivity index (χ1n) is 5.52. The normalized spacial score (nSPS) is 10.9. The molecular weight excluding hydrogens is 198 g/mol. The van der Waals surface area contributed by atoms with Crippen molar-refractivity contribution in [1.29, 1.82) is 0 Å². The molecule has 0 saturated carbocycles. The third-order valence-corrected chi connectivity index (χ3v) is 2.30. The Bertz CT molecular complexity index is 377. The Kier molecular flexibility index (Phi) is 4.39. The van der Waals surface area contributed by atoms with Crippen molar-refractivity contribution < 1.29 is 4.74 Å². The van der Waals surface area contributed by atoms with Crippen molar-refractivity contribution in [1.82, 2.24) is 5.32 Å². The van der Waals surface area contributed by atoms with Gasteiger partial charge >= 0.3 is 0 Å². The Morgan fingerprint density at radius 1 is 1.44 bits per heavy atom. The van der Waals surface area contributed by atoms with Crippen LogP contribution in [-0.4, -0.2) is 12.1 Å². The lowest BCUT2D eigenvalue weighted by molar-refractivity contribution is 0.339. The summed E-state index contributed by atoms with van der Waals surface area (Å²) < 4.78 is 5.44. The van der Waals surface area contributed by atoms with Crippen LogP contribution in [0.5, 0.6) is 5.75 Å². The lowest BCUT2D eigenvalue weighted by Gasteiger charge is -2.19. The number of ether oxygens (including phenoxy) is 1. The highest BCUT2D eigenvalue weighted by Crippen LogP contribution is 2.13. The standard InChI is InChI=1S/C14H19NO/c1-5-14(3,4)15-11-12-8-7-9-13(10-12)16-6-2/h1,7-10,15H,6,11H2,2-4H3. The van der Waals surface area contributed by atoms with E-state index in [9.17, 15) is 0 Å². The van der Waals surface area contributed by atoms with Crippen molar-refractivity contribution in [2.75, 3.05) is 6.61 Å². The molecule has 0 heterocycles. The average Bonchev–Trinajstić information content (AvgIpc) is 2.28. The first-order chi connectivity index (χ1) is 7.57. The lowest BCUT2D eigenvalue weighted by atomic mass is 10.1. The monoisotopic (exact) mass is 217 g/mol. The van der Waals surface area contributed by atoms with Gasteiger partial charge < -0.3 is 4.74 Å². The maximum atomic E-state index is 5.44. The summed E-state index contributed by atoms with van der Waals surface area (Å²) in [5, 5.41) is 3.30. The summed E-state index contributed by atoms with van der Waals surface area (Å²) in [7, 11) is 0. The fourth-order valence-electron chi connectivity index (χ4n) is 1.29. The van der Waals surface area contributed by atoms with E-state index in [1.54, 1.807) is 0 Å². The van der Waals surface area contributed by atoms with Crippen molar-refractivity contribution in [2.24, 2.45) is 0 Å². The third-order valence-electron chi connectivity index (χ3n) is 2.30. The van der Waals surface area contributed by atoms with E-state index >= 15 is 0 Å². The molecule has 0 aliphatic heterocycles. The van der Waals surface area contributed by atoms with Crippen molar-refractivity contribution >= 4 is 0 Å². The molecule has 1 aromatic rings. The Morgan fingerprint density at radius 2 is 2.19 bits per heavy atom. The molecule has 16 heavy (non-hydrogen) atoms. The molecule has 0 fully saturated rings. The molecule has 0 aliphatic carbocycles. The van der Waals surface area contributed by atoms with E-state index in [1.807, 2.05) is 39.0 Å². The second kappa shape index (κ2) is 5.58. The molecule has 1 rings (SSSR count). The number of hydrogen-bond donors (Lipinski definition) is 1. The van der Waals surface area contributed by atoms with Gasteiger partial charge in [0.1, 0.15) is 5.75 Å². The Balaban J connectivity index is 2.61. The smallest absolute Gasteiger partial charge is 0.119 e. The van der Waals surface area contributed by atoms with Crippen LogP contribution in [0.1, 0.15) is 26.3 Å². The zero-order chi connectivity index (χ0) is 12.0. The molecule has 0 atom stereocenters. The van der Waals surface area contributed by atoms with Crippen LogP contribution in [0.3, 0.4) is 0 Å². The van der Waals surface area contributed by atoms with E-state index in [1.165, 1.54) is 5.56 Å². The summed E-state index contributed by atoms with van der Waals surface area (Å²) in [6.07, 6.45) is 5.41. The fourth-order valence-corrected chi connectivity index (χ4v) is 1.29. The summed E-state index contributed by atoms with van der Waals surface area (Å²) in [5.74, 6) is 3.61. The van der Waals surface area contributed by atoms with Crippen molar-refractivity contribution in [3.8, 4) is 18.1 Å². The Morgan fingerprint density at radius 3 is 2.81 bits per heavy atom. The molecule has 0 unspecified atom stereocenters. The molecule has 0 spiro atoms. The van der Waals surface area contributed by atoms with Crippen LogP contribution < -0.4 is 10.1 Å². The van der Waals surface area contributed by atoms with E-state index < -0.39 is 0 Å². The maximum Gasteiger partial charge on any atom is 0.119 e. The van der Waals surface area contributed by atoms with Crippen molar-refractivity contribution in [2.45, 2.75) is 32.9 Å². The van der Waals surface area contributed by atoms with Gasteiger partial charge in [0.2, 0.25) is 0 Å². The van der Waals surface area contributed by atoms with Gasteiger partial charge in [-0.3, -0.25) is 5.32 Å². The number of hydrogen-bond acceptors (Lipinski definition) is 2. The number of rotatable bonds is 5. The minimum Gasteiger partial charge on any atom is -0.494 e. The highest BCUT2D eigenvalue weighted by molar-refractivity contribution is 5.28. The first-order valence-corrected chi connectivity index (χ1v) is 5.52. The molecule has 1 N–H and O–H groups in total. The topological polar surface area (TPSA) is 21.3 Å². The largest absolute Gasteiger partial charge is 0.494 e. The second-order valence-electron chi connectivity index (χ2n) is 4.20. The van der Waals surface area contributed by atoms with Gasteiger partial charge in [0, 0.05) is 6.54 Å². The van der Waals surface area contributed by atoms with Gasteiger partial charge in [0.15, 0.2) is 0 Å². The minimum absolute atomic E-state index is 0.276. The Hall–Kier alpha value is -1.46. The van der Waals surface area contributed by atoms with E-state index in [0.717, 1.165) is 12.3 Å². The maximum absolute atomic E-state index is 5.44. The number of terminal acetylenes is 1. The molecule has 0 amide bonds. The van der Waals surface area contributed by atoms with Gasteiger partial charge in [-0.05, 0) is 38.5 Å². The molecular formula is C14H19NO. The van der Waals surface area contributed by atoms with Gasteiger partial charge in [0.25, 0.3) is 0 Å². The minimum atomic E-state index is -0.276. The molecule has 0 aliphatic rings. The average molecular weight is 217 g/mol. The molecule has 0 aromatic heterocycles. The SMILES string of the molecule is C#CC(C)(C)NCc1cccc(OCC)c1. The van der Waals surface area contributed by atoms with Crippen LogP contribution in [0.4, 0.5) is 0 Å². The molecule has 0 bridgehead atoms. The van der Waals surface area contributed by atoms with Gasteiger partial charge in [-0.25, -0.2) is 0 Å². The predicted octanol–water partition coefficient (Wildman–Crippen LogP) is 2.59. The van der Waals surface area contributed by atoms with Gasteiger partial charge in [-0.1, -0.05) is 18.1 Å². The quantitative estimate of drug-likeness (QED) is 0.765. The molecule has 0 radical (unpaired) electrons. The lowest BCUT2D eigenvalue weighted by Crippen LogP contribution is -2.36. The van der Waals surface area contributed by atoms with Crippen LogP contribution >= 0.6 is 0 Å². The highest BCUT2D eigenvalue weighted by Gasteiger charge is 2.11. The zero-order valence-electron chi connectivity index (χ0n) is 10.2. The molecule has 86 valence electrons. The molecule has 1 aromatic carbocycles. The van der Waals surface area contributed by atoms with E-state index in [-0.39, 0.29) is 5.54 Å². The van der Waals surface area contributed by atoms with Crippen molar-refractivity contribution in [3.05, 3.63) is 29.8 Å². The van der Waals surface area contributed by atoms with Gasteiger partial charge in [0.05, 0.1) is 12.1 Å². The number of nitrogens with one attached hydrogen (secondary N) is 1. The van der Waals surface area contributed by atoms with Gasteiger partial charge in [-0.15, -0.1) is 6.42 Å². The van der Waals surface area contributed by atoms with Crippen LogP contribution in [0.2, 0.25) is 0 Å². The highest BCUT2D eigenvalue weighted by atomic mass is 16.5. The van der Waals surface area contributed by atoms with E-state index in [0.29, 0.717) is 6.61 Å². The zero-order valence-corrected chi connectivity index (χ0v) is 10.2. The van der Waals surface area contributed by atoms with Crippen LogP contribution in [0.25, 0.3) is 0 Å². The summed E-state index contributed by atoms with van der Waals surface area (Å²) >= 11 is 0.